The number of amides is 1. The third kappa shape index (κ3) is 6.05. The SMILES string of the molecule is CCC(CC)NC(=O)CSc1nnc(COc2ccc(Cl)cc2)o1. The Kier molecular flexibility index (Phi) is 7.39. The molecule has 0 atom stereocenters. The number of carbonyl (C=O) groups excluding carboxylic acids is 1. The average Bonchev–Trinajstić information content (AvgIpc) is 3.05. The second-order valence-electron chi connectivity index (χ2n) is 5.07. The van der Waals surface area contributed by atoms with Gasteiger partial charge in [-0.2, -0.15) is 0 Å². The predicted octanol–water partition coefficient (Wildman–Crippen LogP) is 3.70. The lowest BCUT2D eigenvalue weighted by atomic mass is 10.2. The topological polar surface area (TPSA) is 77.2 Å². The maximum absolute atomic E-state index is 11.8. The molecular weight excluding hydrogens is 350 g/mol. The summed E-state index contributed by atoms with van der Waals surface area (Å²) in [4.78, 5) is 11.8. The highest BCUT2D eigenvalue weighted by Crippen LogP contribution is 2.19. The Balaban J connectivity index is 1.76. The summed E-state index contributed by atoms with van der Waals surface area (Å²) in [5.41, 5.74) is 0. The molecule has 6 nitrogen and oxygen atoms in total. The molecule has 0 aliphatic heterocycles. The van der Waals surface area contributed by atoms with Crippen molar-refractivity contribution in [1.29, 1.82) is 0 Å². The molecule has 0 aliphatic carbocycles. The highest BCUT2D eigenvalue weighted by molar-refractivity contribution is 7.99. The number of benzene rings is 1. The quantitative estimate of drug-likeness (QED) is 0.679. The van der Waals surface area contributed by atoms with Gasteiger partial charge in [0.2, 0.25) is 5.91 Å². The minimum absolute atomic E-state index is 0.0362. The van der Waals surface area contributed by atoms with Crippen LogP contribution in [0.25, 0.3) is 0 Å². The van der Waals surface area contributed by atoms with E-state index in [1.54, 1.807) is 24.3 Å². The highest BCUT2D eigenvalue weighted by Gasteiger charge is 2.12. The van der Waals surface area contributed by atoms with Crippen LogP contribution in [0.5, 0.6) is 5.75 Å². The summed E-state index contributed by atoms with van der Waals surface area (Å²) in [5.74, 6) is 1.23. The number of nitrogens with zero attached hydrogens (tertiary/aromatic N) is 2. The second kappa shape index (κ2) is 9.54. The molecule has 130 valence electrons. The zero-order valence-electron chi connectivity index (χ0n) is 13.6. The number of rotatable bonds is 9. The molecule has 0 radical (unpaired) electrons. The molecule has 1 N–H and O–H groups in total. The van der Waals surface area contributed by atoms with Gasteiger partial charge in [0, 0.05) is 11.1 Å². The zero-order chi connectivity index (χ0) is 17.4. The van der Waals surface area contributed by atoms with Crippen LogP contribution in [-0.4, -0.2) is 27.9 Å². The Labute approximate surface area is 150 Å². The van der Waals surface area contributed by atoms with Crippen LogP contribution in [0.2, 0.25) is 5.02 Å². The monoisotopic (exact) mass is 369 g/mol. The van der Waals surface area contributed by atoms with Crippen molar-refractivity contribution in [3.05, 3.63) is 35.2 Å². The molecule has 2 rings (SSSR count). The number of halogens is 1. The van der Waals surface area contributed by atoms with Gasteiger partial charge in [0.25, 0.3) is 11.1 Å². The molecule has 24 heavy (non-hydrogen) atoms. The van der Waals surface area contributed by atoms with E-state index >= 15 is 0 Å². The fourth-order valence-electron chi connectivity index (χ4n) is 1.92. The number of nitrogens with one attached hydrogen (secondary N) is 1. The lowest BCUT2D eigenvalue weighted by Crippen LogP contribution is -2.34. The first-order valence-corrected chi connectivity index (χ1v) is 9.10. The van der Waals surface area contributed by atoms with Crippen LogP contribution in [0.3, 0.4) is 0 Å². The minimum Gasteiger partial charge on any atom is -0.484 e. The van der Waals surface area contributed by atoms with E-state index in [9.17, 15) is 4.79 Å². The first-order chi connectivity index (χ1) is 11.6. The molecule has 0 aliphatic rings. The summed E-state index contributed by atoms with van der Waals surface area (Å²) in [6.45, 7) is 4.26. The zero-order valence-corrected chi connectivity index (χ0v) is 15.2. The fraction of sp³-hybridized carbons (Fsp3) is 0.438. The smallest absolute Gasteiger partial charge is 0.277 e. The summed E-state index contributed by atoms with van der Waals surface area (Å²) in [6, 6.07) is 7.21. The van der Waals surface area contributed by atoms with Crippen molar-refractivity contribution < 1.29 is 13.9 Å². The fourth-order valence-corrected chi connectivity index (χ4v) is 2.64. The van der Waals surface area contributed by atoms with Crippen molar-refractivity contribution in [2.45, 2.75) is 44.6 Å². The van der Waals surface area contributed by atoms with E-state index in [0.717, 1.165) is 12.8 Å². The van der Waals surface area contributed by atoms with E-state index in [-0.39, 0.29) is 24.3 Å². The van der Waals surface area contributed by atoms with Crippen molar-refractivity contribution in [2.75, 3.05) is 5.75 Å². The molecule has 0 fully saturated rings. The molecule has 1 aromatic heterocycles. The number of ether oxygens (including phenoxy) is 1. The van der Waals surface area contributed by atoms with Gasteiger partial charge in [-0.1, -0.05) is 37.2 Å². The lowest BCUT2D eigenvalue weighted by molar-refractivity contribution is -0.119. The van der Waals surface area contributed by atoms with E-state index in [1.165, 1.54) is 11.8 Å². The molecule has 2 aromatic rings. The molecular formula is C16H20ClN3O3S. The lowest BCUT2D eigenvalue weighted by Gasteiger charge is -2.13. The molecule has 1 amide bonds. The van der Waals surface area contributed by atoms with Gasteiger partial charge in [0.05, 0.1) is 5.75 Å². The standard InChI is InChI=1S/C16H20ClN3O3S/c1-3-12(4-2)18-14(21)10-24-16-20-19-15(23-16)9-22-13-7-5-11(17)6-8-13/h5-8,12H,3-4,9-10H2,1-2H3,(H,18,21). The van der Waals surface area contributed by atoms with E-state index in [1.807, 2.05) is 13.8 Å². The first-order valence-electron chi connectivity index (χ1n) is 7.73. The van der Waals surface area contributed by atoms with Gasteiger partial charge in [-0.25, -0.2) is 0 Å². The summed E-state index contributed by atoms with van der Waals surface area (Å²) in [5, 5.41) is 11.8. The normalized spacial score (nSPS) is 10.8. The van der Waals surface area contributed by atoms with Gasteiger partial charge in [0.15, 0.2) is 6.61 Å². The Bertz CT molecular complexity index is 644. The molecule has 0 unspecified atom stereocenters. The maximum Gasteiger partial charge on any atom is 0.277 e. The van der Waals surface area contributed by atoms with Crippen LogP contribution < -0.4 is 10.1 Å². The highest BCUT2D eigenvalue weighted by atomic mass is 35.5. The predicted molar refractivity (Wildman–Crippen MR) is 93.3 cm³/mol. The average molecular weight is 370 g/mol. The number of hydrogen-bond donors (Lipinski definition) is 1. The number of hydrogen-bond acceptors (Lipinski definition) is 6. The van der Waals surface area contributed by atoms with E-state index < -0.39 is 0 Å². The molecule has 0 saturated heterocycles. The van der Waals surface area contributed by atoms with Crippen LogP contribution in [0, 0.1) is 0 Å². The van der Waals surface area contributed by atoms with Gasteiger partial charge in [-0.15, -0.1) is 10.2 Å². The summed E-state index contributed by atoms with van der Waals surface area (Å²) in [7, 11) is 0. The molecule has 0 spiro atoms. The first kappa shape index (κ1) is 18.6. The molecule has 8 heteroatoms. The van der Waals surface area contributed by atoms with E-state index in [0.29, 0.717) is 21.9 Å². The Hall–Kier alpha value is -1.73. The molecule has 1 aromatic carbocycles. The third-order valence-electron chi connectivity index (χ3n) is 3.30. The van der Waals surface area contributed by atoms with E-state index in [4.69, 9.17) is 20.8 Å². The maximum atomic E-state index is 11.8. The van der Waals surface area contributed by atoms with Crippen LogP contribution in [0.4, 0.5) is 0 Å². The van der Waals surface area contributed by atoms with Crippen molar-refractivity contribution in [3.8, 4) is 5.75 Å². The van der Waals surface area contributed by atoms with Crippen LogP contribution in [0.1, 0.15) is 32.6 Å². The van der Waals surface area contributed by atoms with Crippen LogP contribution >= 0.6 is 23.4 Å². The van der Waals surface area contributed by atoms with Crippen molar-refractivity contribution in [1.82, 2.24) is 15.5 Å². The Morgan fingerprint density at radius 2 is 2.00 bits per heavy atom. The minimum atomic E-state index is -0.0362. The largest absolute Gasteiger partial charge is 0.484 e. The van der Waals surface area contributed by atoms with Gasteiger partial charge in [-0.3, -0.25) is 4.79 Å². The molecule has 0 saturated carbocycles. The van der Waals surface area contributed by atoms with Crippen molar-refractivity contribution in [2.24, 2.45) is 0 Å². The van der Waals surface area contributed by atoms with Crippen LogP contribution in [0.15, 0.2) is 33.9 Å². The van der Waals surface area contributed by atoms with E-state index in [2.05, 4.69) is 15.5 Å². The van der Waals surface area contributed by atoms with Gasteiger partial charge < -0.3 is 14.5 Å². The van der Waals surface area contributed by atoms with Gasteiger partial charge >= 0.3 is 0 Å². The van der Waals surface area contributed by atoms with Crippen molar-refractivity contribution in [3.63, 3.8) is 0 Å². The Morgan fingerprint density at radius 3 is 2.67 bits per heavy atom. The summed E-state index contributed by atoms with van der Waals surface area (Å²) in [6.07, 6.45) is 1.83. The molecule has 1 heterocycles. The van der Waals surface area contributed by atoms with Gasteiger partial charge in [0.1, 0.15) is 5.75 Å². The van der Waals surface area contributed by atoms with Crippen LogP contribution in [-0.2, 0) is 11.4 Å². The third-order valence-corrected chi connectivity index (χ3v) is 4.37. The van der Waals surface area contributed by atoms with Crippen molar-refractivity contribution >= 4 is 29.3 Å². The summed E-state index contributed by atoms with van der Waals surface area (Å²) >= 11 is 7.02. The molecule has 0 bridgehead atoms. The Morgan fingerprint density at radius 1 is 1.29 bits per heavy atom. The summed E-state index contributed by atoms with van der Waals surface area (Å²) < 4.78 is 11.0. The number of thioether (sulfide) groups is 1. The number of carbonyl (C=O) groups is 1. The van der Waals surface area contributed by atoms with Gasteiger partial charge in [-0.05, 0) is 37.1 Å². The second-order valence-corrected chi connectivity index (χ2v) is 6.44. The number of aromatic nitrogens is 2.